The third-order valence-electron chi connectivity index (χ3n) is 5.26. The fraction of sp³-hybridized carbons (Fsp3) is 0.167. The third kappa shape index (κ3) is 3.95. The lowest BCUT2D eigenvalue weighted by Gasteiger charge is -2.27. The molecular formula is C24H21FN2O3. The molecule has 3 atom stereocenters. The summed E-state index contributed by atoms with van der Waals surface area (Å²) in [7, 11) is 0. The van der Waals surface area contributed by atoms with Crippen molar-refractivity contribution >= 4 is 11.9 Å². The van der Waals surface area contributed by atoms with Gasteiger partial charge >= 0.3 is 6.09 Å². The van der Waals surface area contributed by atoms with E-state index in [2.05, 4.69) is 0 Å². The number of amides is 1. The van der Waals surface area contributed by atoms with Gasteiger partial charge in [-0.3, -0.25) is 9.89 Å². The van der Waals surface area contributed by atoms with Crippen molar-refractivity contribution in [3.05, 3.63) is 107 Å². The van der Waals surface area contributed by atoms with E-state index in [1.165, 1.54) is 29.2 Å². The van der Waals surface area contributed by atoms with Crippen molar-refractivity contribution in [1.29, 1.82) is 0 Å². The summed E-state index contributed by atoms with van der Waals surface area (Å²) in [5.41, 5.74) is 2.22. The van der Waals surface area contributed by atoms with Gasteiger partial charge in [0.05, 0.1) is 12.1 Å². The van der Waals surface area contributed by atoms with Crippen LogP contribution in [0.4, 0.5) is 9.18 Å². The molecule has 1 aliphatic heterocycles. The monoisotopic (exact) mass is 404 g/mol. The minimum absolute atomic E-state index is 0.00456. The van der Waals surface area contributed by atoms with Gasteiger partial charge in [-0.1, -0.05) is 72.8 Å². The number of benzene rings is 3. The molecule has 1 aliphatic rings. The summed E-state index contributed by atoms with van der Waals surface area (Å²) in [6, 6.07) is 23.4. The molecular weight excluding hydrogens is 383 g/mol. The van der Waals surface area contributed by atoms with Crippen molar-refractivity contribution in [2.75, 3.05) is 0 Å². The van der Waals surface area contributed by atoms with Crippen LogP contribution in [0.3, 0.4) is 0 Å². The van der Waals surface area contributed by atoms with Gasteiger partial charge in [0.1, 0.15) is 17.7 Å². The van der Waals surface area contributed by atoms with Crippen LogP contribution in [0.2, 0.25) is 0 Å². The Hall–Kier alpha value is -3.51. The lowest BCUT2D eigenvalue weighted by atomic mass is 9.94. The van der Waals surface area contributed by atoms with Gasteiger partial charge in [-0.2, -0.15) is 0 Å². The molecule has 4 rings (SSSR count). The van der Waals surface area contributed by atoms with Crippen LogP contribution < -0.4 is 0 Å². The minimum Gasteiger partial charge on any atom is -0.465 e. The summed E-state index contributed by atoms with van der Waals surface area (Å²) in [4.78, 5) is 18.2. The predicted molar refractivity (Wildman–Crippen MR) is 112 cm³/mol. The second-order valence-electron chi connectivity index (χ2n) is 7.18. The van der Waals surface area contributed by atoms with Crippen LogP contribution in [0.1, 0.15) is 41.3 Å². The number of nitrogens with zero attached hydrogens (tertiary/aromatic N) is 2. The summed E-state index contributed by atoms with van der Waals surface area (Å²) >= 11 is 0. The van der Waals surface area contributed by atoms with E-state index < -0.39 is 30.1 Å². The van der Waals surface area contributed by atoms with E-state index >= 15 is 0 Å². The Kier molecular flexibility index (Phi) is 5.59. The number of aliphatic imine (C=N–C) groups is 1. The lowest BCUT2D eigenvalue weighted by Crippen LogP contribution is -2.36. The Bertz CT molecular complexity index is 1040. The Morgan fingerprint density at radius 1 is 0.933 bits per heavy atom. The lowest BCUT2D eigenvalue weighted by molar-refractivity contribution is 0.151. The molecule has 0 fully saturated rings. The maximum absolute atomic E-state index is 13.2. The van der Waals surface area contributed by atoms with Crippen LogP contribution in [-0.4, -0.2) is 27.0 Å². The number of halogens is 1. The van der Waals surface area contributed by atoms with Crippen LogP contribution in [0.5, 0.6) is 0 Å². The molecule has 3 aromatic carbocycles. The Labute approximate surface area is 173 Å². The van der Waals surface area contributed by atoms with Crippen molar-refractivity contribution in [2.45, 2.75) is 24.6 Å². The van der Waals surface area contributed by atoms with E-state index in [4.69, 9.17) is 4.99 Å². The van der Waals surface area contributed by atoms with E-state index in [0.29, 0.717) is 5.56 Å². The quantitative estimate of drug-likeness (QED) is 0.620. The first-order chi connectivity index (χ1) is 14.5. The number of hydrogen-bond donors (Lipinski definition) is 2. The molecule has 152 valence electrons. The van der Waals surface area contributed by atoms with Crippen molar-refractivity contribution < 1.29 is 19.4 Å². The molecule has 5 nitrogen and oxygen atoms in total. The van der Waals surface area contributed by atoms with E-state index in [-0.39, 0.29) is 12.3 Å². The van der Waals surface area contributed by atoms with Crippen molar-refractivity contribution in [3.8, 4) is 0 Å². The van der Waals surface area contributed by atoms with Crippen molar-refractivity contribution in [3.63, 3.8) is 0 Å². The molecule has 0 saturated carbocycles. The average molecular weight is 404 g/mol. The summed E-state index contributed by atoms with van der Waals surface area (Å²) in [5.74, 6) is -0.119. The van der Waals surface area contributed by atoms with E-state index in [0.717, 1.165) is 11.1 Å². The number of amidine groups is 1. The molecule has 0 bridgehead atoms. The topological polar surface area (TPSA) is 73.1 Å². The number of carboxylic acid groups (broad SMARTS) is 1. The number of carbonyl (C=O) groups is 1. The second-order valence-corrected chi connectivity index (χ2v) is 7.18. The Morgan fingerprint density at radius 2 is 1.50 bits per heavy atom. The zero-order valence-electron chi connectivity index (χ0n) is 16.1. The Morgan fingerprint density at radius 3 is 2.07 bits per heavy atom. The highest BCUT2D eigenvalue weighted by Crippen LogP contribution is 2.43. The predicted octanol–water partition coefficient (Wildman–Crippen LogP) is 5.12. The van der Waals surface area contributed by atoms with Gasteiger partial charge in [-0.25, -0.2) is 9.18 Å². The maximum Gasteiger partial charge on any atom is 0.413 e. The zero-order valence-corrected chi connectivity index (χ0v) is 16.1. The van der Waals surface area contributed by atoms with Gasteiger partial charge < -0.3 is 10.2 Å². The first-order valence-corrected chi connectivity index (χ1v) is 9.67. The highest BCUT2D eigenvalue weighted by Gasteiger charge is 2.42. The average Bonchev–Trinajstić information content (AvgIpc) is 3.15. The number of aliphatic hydroxyl groups excluding tert-OH is 1. The molecule has 3 aromatic rings. The largest absolute Gasteiger partial charge is 0.465 e. The molecule has 1 heterocycles. The Balaban J connectivity index is 1.72. The van der Waals surface area contributed by atoms with Gasteiger partial charge in [0, 0.05) is 6.42 Å². The zero-order chi connectivity index (χ0) is 21.1. The van der Waals surface area contributed by atoms with Crippen molar-refractivity contribution in [2.24, 2.45) is 4.99 Å². The first kappa shape index (κ1) is 19.8. The molecule has 0 aliphatic carbocycles. The van der Waals surface area contributed by atoms with Gasteiger partial charge in [0.15, 0.2) is 0 Å². The summed E-state index contributed by atoms with van der Waals surface area (Å²) in [5, 5.41) is 20.7. The summed E-state index contributed by atoms with van der Waals surface area (Å²) in [6.45, 7) is 0. The summed E-state index contributed by atoms with van der Waals surface area (Å²) < 4.78 is 13.2. The first-order valence-electron chi connectivity index (χ1n) is 9.67. The third-order valence-corrected chi connectivity index (χ3v) is 5.26. The fourth-order valence-electron chi connectivity index (χ4n) is 3.84. The molecule has 2 N–H and O–H groups in total. The van der Waals surface area contributed by atoms with Gasteiger partial charge in [0.2, 0.25) is 0 Å². The highest BCUT2D eigenvalue weighted by atomic mass is 19.1. The normalized spacial score (nSPS) is 19.4. The molecule has 30 heavy (non-hydrogen) atoms. The molecule has 1 amide bonds. The van der Waals surface area contributed by atoms with Crippen molar-refractivity contribution in [1.82, 2.24) is 4.90 Å². The van der Waals surface area contributed by atoms with E-state index in [9.17, 15) is 19.4 Å². The van der Waals surface area contributed by atoms with E-state index in [1.54, 1.807) is 0 Å². The summed E-state index contributed by atoms with van der Waals surface area (Å²) in [6.07, 6.45) is -2.13. The van der Waals surface area contributed by atoms with Crippen LogP contribution >= 0.6 is 0 Å². The molecule has 0 spiro atoms. The van der Waals surface area contributed by atoms with Gasteiger partial charge in [0.25, 0.3) is 0 Å². The van der Waals surface area contributed by atoms with Gasteiger partial charge in [-0.05, 0) is 28.8 Å². The molecule has 1 unspecified atom stereocenters. The van der Waals surface area contributed by atoms with Crippen LogP contribution in [0, 0.1) is 5.82 Å². The van der Waals surface area contributed by atoms with Crippen LogP contribution in [0.25, 0.3) is 0 Å². The van der Waals surface area contributed by atoms with Gasteiger partial charge in [-0.15, -0.1) is 0 Å². The standard InChI is InChI=1S/C24H21FN2O3/c25-19-13-11-16(12-14-19)20(28)15-21-26-22(17-7-3-1-4-8-17)23(27(21)24(29)30)18-9-5-2-6-10-18/h1-14,20,22-23,28H,15H2,(H,29,30)/t20?,22-,23+/m1/s1. The minimum atomic E-state index is -1.13. The number of rotatable bonds is 5. The maximum atomic E-state index is 13.2. The number of hydrogen-bond acceptors (Lipinski definition) is 3. The second kappa shape index (κ2) is 8.47. The molecule has 0 saturated heterocycles. The molecule has 6 heteroatoms. The van der Waals surface area contributed by atoms with E-state index in [1.807, 2.05) is 60.7 Å². The number of aliphatic hydroxyl groups is 1. The SMILES string of the molecule is O=C(O)N1C(CC(O)c2ccc(F)cc2)=N[C@H](c2ccccc2)[C@@H]1c1ccccc1. The molecule has 0 aromatic heterocycles. The highest BCUT2D eigenvalue weighted by molar-refractivity contribution is 5.97. The fourth-order valence-corrected chi connectivity index (χ4v) is 3.84. The smallest absolute Gasteiger partial charge is 0.413 e. The van der Waals surface area contributed by atoms with Crippen LogP contribution in [0.15, 0.2) is 89.9 Å². The molecule has 0 radical (unpaired) electrons. The van der Waals surface area contributed by atoms with Crippen LogP contribution in [-0.2, 0) is 0 Å².